The third kappa shape index (κ3) is 3.61. The number of fused-ring (bicyclic) bond motifs is 1. The summed E-state index contributed by atoms with van der Waals surface area (Å²) >= 11 is 0. The molecule has 6 heteroatoms. The van der Waals surface area contributed by atoms with Crippen LogP contribution in [0.15, 0.2) is 24.4 Å². The highest BCUT2D eigenvalue weighted by atomic mass is 16.4. The van der Waals surface area contributed by atoms with Crippen molar-refractivity contribution >= 4 is 16.9 Å². The molecule has 0 bridgehead atoms. The lowest BCUT2D eigenvalue weighted by atomic mass is 10.1. The highest BCUT2D eigenvalue weighted by molar-refractivity contribution is 6.03. The lowest BCUT2D eigenvalue weighted by molar-refractivity contribution is 0.0698. The van der Waals surface area contributed by atoms with E-state index in [4.69, 9.17) is 5.73 Å². The maximum atomic E-state index is 11.6. The van der Waals surface area contributed by atoms with Crippen LogP contribution >= 0.6 is 0 Å². The molecule has 0 unspecified atom stereocenters. The molecule has 1 aromatic heterocycles. The van der Waals surface area contributed by atoms with Crippen molar-refractivity contribution in [2.45, 2.75) is 19.4 Å². The van der Waals surface area contributed by atoms with Gasteiger partial charge in [0.2, 0.25) is 0 Å². The average Bonchev–Trinajstić information content (AvgIpc) is 2.97. The molecule has 0 spiro atoms. The molecule has 1 saturated heterocycles. The van der Waals surface area contributed by atoms with Gasteiger partial charge in [-0.3, -0.25) is 0 Å². The first-order valence-corrected chi connectivity index (χ1v) is 8.68. The molecule has 6 nitrogen and oxygen atoms in total. The fourth-order valence-electron chi connectivity index (χ4n) is 3.46. The maximum Gasteiger partial charge on any atom is 0.337 e. The molecular weight excluding hydrogens is 304 g/mol. The molecule has 0 saturated carbocycles. The Balaban J connectivity index is 1.89. The Morgan fingerprint density at radius 1 is 1.25 bits per heavy atom. The molecule has 1 aliphatic heterocycles. The number of benzene rings is 1. The van der Waals surface area contributed by atoms with Crippen LogP contribution in [0.1, 0.15) is 22.3 Å². The Morgan fingerprint density at radius 2 is 2.04 bits per heavy atom. The fourth-order valence-corrected chi connectivity index (χ4v) is 3.46. The number of para-hydroxylation sites is 1. The van der Waals surface area contributed by atoms with E-state index in [1.165, 1.54) is 5.56 Å². The minimum absolute atomic E-state index is 0.373. The normalized spacial score (nSPS) is 15.9. The summed E-state index contributed by atoms with van der Waals surface area (Å²) in [6, 6.07) is 5.56. The Kier molecular flexibility index (Phi) is 5.50. The van der Waals surface area contributed by atoms with Crippen LogP contribution in [0, 0.1) is 0 Å². The highest BCUT2D eigenvalue weighted by Crippen LogP contribution is 2.26. The zero-order valence-corrected chi connectivity index (χ0v) is 14.0. The molecule has 1 aromatic carbocycles. The molecule has 0 amide bonds. The van der Waals surface area contributed by atoms with Crippen molar-refractivity contribution in [3.63, 3.8) is 0 Å². The maximum absolute atomic E-state index is 11.6. The van der Waals surface area contributed by atoms with Gasteiger partial charge in [-0.2, -0.15) is 0 Å². The molecule has 0 radical (unpaired) electrons. The lowest BCUT2D eigenvalue weighted by Crippen LogP contribution is -2.44. The summed E-state index contributed by atoms with van der Waals surface area (Å²) < 4.78 is 2.07. The van der Waals surface area contributed by atoms with Crippen molar-refractivity contribution in [1.82, 2.24) is 14.8 Å². The molecule has 130 valence electrons. The Labute approximate surface area is 142 Å². The van der Waals surface area contributed by atoms with Crippen molar-refractivity contribution in [3.05, 3.63) is 35.5 Å². The summed E-state index contributed by atoms with van der Waals surface area (Å²) in [7, 11) is 0. The van der Waals surface area contributed by atoms with E-state index >= 15 is 0 Å². The van der Waals surface area contributed by atoms with Crippen molar-refractivity contribution in [1.29, 1.82) is 0 Å². The molecule has 1 fully saturated rings. The number of carbonyl (C=O) groups is 1. The number of aryl methyl sites for hydroxylation is 1. The molecule has 24 heavy (non-hydrogen) atoms. The van der Waals surface area contributed by atoms with Crippen LogP contribution < -0.4 is 11.1 Å². The molecule has 2 aromatic rings. The monoisotopic (exact) mass is 330 g/mol. The molecule has 2 heterocycles. The second-order valence-electron chi connectivity index (χ2n) is 6.34. The van der Waals surface area contributed by atoms with Gasteiger partial charge in [0.25, 0.3) is 0 Å². The molecule has 0 aliphatic carbocycles. The smallest absolute Gasteiger partial charge is 0.337 e. The summed E-state index contributed by atoms with van der Waals surface area (Å²) in [6.45, 7) is 6.60. The lowest BCUT2D eigenvalue weighted by Gasteiger charge is -2.26. The van der Waals surface area contributed by atoms with Gasteiger partial charge in [-0.1, -0.05) is 12.1 Å². The van der Waals surface area contributed by atoms with Crippen LogP contribution in [0.4, 0.5) is 0 Å². The van der Waals surface area contributed by atoms with Crippen molar-refractivity contribution in [2.75, 3.05) is 39.3 Å². The minimum Gasteiger partial charge on any atom is -0.478 e. The van der Waals surface area contributed by atoms with Crippen LogP contribution in [-0.2, 0) is 13.0 Å². The van der Waals surface area contributed by atoms with Gasteiger partial charge in [0.15, 0.2) is 0 Å². The number of nitrogens with one attached hydrogen (secondary N) is 1. The molecular formula is C18H26N4O2. The van der Waals surface area contributed by atoms with Gasteiger partial charge in [0.1, 0.15) is 0 Å². The van der Waals surface area contributed by atoms with E-state index in [0.717, 1.165) is 63.0 Å². The van der Waals surface area contributed by atoms with Gasteiger partial charge >= 0.3 is 5.97 Å². The van der Waals surface area contributed by atoms with Crippen LogP contribution in [-0.4, -0.2) is 59.8 Å². The van der Waals surface area contributed by atoms with Crippen molar-refractivity contribution in [3.8, 4) is 0 Å². The number of aromatic carboxylic acids is 1. The van der Waals surface area contributed by atoms with Gasteiger partial charge < -0.3 is 25.6 Å². The topological polar surface area (TPSA) is 83.5 Å². The number of hydrogen-bond donors (Lipinski definition) is 3. The number of carboxylic acids is 1. The molecule has 0 atom stereocenters. The highest BCUT2D eigenvalue weighted by Gasteiger charge is 2.17. The zero-order valence-electron chi connectivity index (χ0n) is 14.0. The predicted octanol–water partition coefficient (Wildman–Crippen LogP) is 1.14. The summed E-state index contributed by atoms with van der Waals surface area (Å²) in [5.41, 5.74) is 8.07. The number of hydrogen-bond acceptors (Lipinski definition) is 4. The van der Waals surface area contributed by atoms with E-state index in [1.54, 1.807) is 6.07 Å². The number of rotatable bonds is 7. The van der Waals surface area contributed by atoms with E-state index in [2.05, 4.69) is 21.0 Å². The Morgan fingerprint density at radius 3 is 2.75 bits per heavy atom. The summed E-state index contributed by atoms with van der Waals surface area (Å²) in [5.74, 6) is -0.874. The van der Waals surface area contributed by atoms with Gasteiger partial charge in [-0.15, -0.1) is 0 Å². The van der Waals surface area contributed by atoms with Gasteiger partial charge in [-0.05, 0) is 31.0 Å². The van der Waals surface area contributed by atoms with Crippen LogP contribution in [0.25, 0.3) is 10.9 Å². The predicted molar refractivity (Wildman–Crippen MR) is 95.6 cm³/mol. The fraction of sp³-hybridized carbons (Fsp3) is 0.500. The van der Waals surface area contributed by atoms with E-state index in [-0.39, 0.29) is 0 Å². The SMILES string of the molecule is NCCCn1cc(CCN2CCNCC2)c2cccc(C(=O)O)c21. The molecule has 4 N–H and O–H groups in total. The summed E-state index contributed by atoms with van der Waals surface area (Å²) in [4.78, 5) is 14.1. The van der Waals surface area contributed by atoms with Crippen LogP contribution in [0.3, 0.4) is 0 Å². The summed E-state index contributed by atoms with van der Waals surface area (Å²) in [5, 5.41) is 13.9. The Hall–Kier alpha value is -1.89. The van der Waals surface area contributed by atoms with Gasteiger partial charge in [-0.25, -0.2) is 4.79 Å². The minimum atomic E-state index is -0.874. The number of nitrogens with two attached hydrogens (primary N) is 1. The first-order valence-electron chi connectivity index (χ1n) is 8.68. The second-order valence-corrected chi connectivity index (χ2v) is 6.34. The standard InChI is InChI=1S/C18H26N4O2/c19-6-2-9-22-13-14(5-10-21-11-7-20-8-12-21)15-3-1-4-16(17(15)22)18(23)24/h1,3-4,13,20H,2,5-12,19H2,(H,23,24). The van der Waals surface area contributed by atoms with Crippen molar-refractivity contribution < 1.29 is 9.90 Å². The number of piperazine rings is 1. The van der Waals surface area contributed by atoms with E-state index < -0.39 is 5.97 Å². The third-order valence-corrected chi connectivity index (χ3v) is 4.72. The first-order chi connectivity index (χ1) is 11.7. The van der Waals surface area contributed by atoms with Gasteiger partial charge in [0.05, 0.1) is 11.1 Å². The van der Waals surface area contributed by atoms with Crippen LogP contribution in [0.5, 0.6) is 0 Å². The van der Waals surface area contributed by atoms with Gasteiger partial charge in [0, 0.05) is 50.9 Å². The average molecular weight is 330 g/mol. The quantitative estimate of drug-likeness (QED) is 0.709. The zero-order chi connectivity index (χ0) is 16.9. The molecule has 1 aliphatic rings. The van der Waals surface area contributed by atoms with E-state index in [0.29, 0.717) is 12.1 Å². The number of nitrogens with zero attached hydrogens (tertiary/aromatic N) is 2. The third-order valence-electron chi connectivity index (χ3n) is 4.72. The number of aromatic nitrogens is 1. The Bertz CT molecular complexity index is 704. The first kappa shape index (κ1) is 17.0. The summed E-state index contributed by atoms with van der Waals surface area (Å²) in [6.07, 6.45) is 3.90. The number of carboxylic acid groups (broad SMARTS) is 1. The second kappa shape index (κ2) is 7.79. The largest absolute Gasteiger partial charge is 0.478 e. The van der Waals surface area contributed by atoms with E-state index in [1.807, 2.05) is 12.1 Å². The molecule has 3 rings (SSSR count). The van der Waals surface area contributed by atoms with Crippen molar-refractivity contribution in [2.24, 2.45) is 5.73 Å². The van der Waals surface area contributed by atoms with Crippen LogP contribution in [0.2, 0.25) is 0 Å². The van der Waals surface area contributed by atoms with E-state index in [9.17, 15) is 9.90 Å².